The smallest absolute Gasteiger partial charge is 0.269 e. The molecule has 3 aromatic rings. The first kappa shape index (κ1) is 21.0. The molecule has 0 radical (unpaired) electrons. The summed E-state index contributed by atoms with van der Waals surface area (Å²) in [4.78, 5) is 44.1. The molecule has 0 aliphatic heterocycles. The number of nitro groups is 3. The molecule has 0 spiro atoms. The van der Waals surface area contributed by atoms with Crippen molar-refractivity contribution in [2.45, 2.75) is 0 Å². The lowest BCUT2D eigenvalue weighted by molar-refractivity contribution is -0.385. The lowest BCUT2D eigenvalue weighted by Gasteiger charge is -2.08. The van der Waals surface area contributed by atoms with E-state index in [1.54, 1.807) is 0 Å². The highest BCUT2D eigenvalue weighted by Crippen LogP contribution is 2.26. The first-order valence-corrected chi connectivity index (χ1v) is 8.76. The number of ketones is 1. The summed E-state index contributed by atoms with van der Waals surface area (Å²) in [6, 6.07) is 15.9. The second-order valence-corrected chi connectivity index (χ2v) is 6.34. The first-order valence-electron chi connectivity index (χ1n) is 8.76. The molecule has 154 valence electrons. The SMILES string of the molecule is O=C(C(=Cc1ccc([N+](=O)[O-])cc1)c1ccc([N+](=O)[O-])cc1)c1ccc([N+](=O)[O-])cc1. The maximum absolute atomic E-state index is 13.1. The Bertz CT molecular complexity index is 1200. The number of non-ortho nitro benzene ring substituents is 3. The first-order chi connectivity index (χ1) is 14.8. The molecule has 10 heteroatoms. The van der Waals surface area contributed by atoms with Crippen molar-refractivity contribution in [3.8, 4) is 0 Å². The fraction of sp³-hybridized carbons (Fsp3) is 0. The van der Waals surface area contributed by atoms with E-state index in [1.165, 1.54) is 78.9 Å². The lowest BCUT2D eigenvalue weighted by Crippen LogP contribution is -2.03. The predicted octanol–water partition coefficient (Wildman–Crippen LogP) is 4.83. The molecule has 0 atom stereocenters. The Morgan fingerprint density at radius 3 is 1.32 bits per heavy atom. The molecule has 0 aromatic heterocycles. The van der Waals surface area contributed by atoms with E-state index in [9.17, 15) is 35.1 Å². The molecular formula is C21H13N3O7. The third kappa shape index (κ3) is 4.82. The van der Waals surface area contributed by atoms with E-state index in [0.717, 1.165) is 0 Å². The van der Waals surface area contributed by atoms with Crippen molar-refractivity contribution < 1.29 is 19.6 Å². The topological polar surface area (TPSA) is 146 Å². The summed E-state index contributed by atoms with van der Waals surface area (Å²) in [6.45, 7) is 0. The molecule has 0 aliphatic rings. The Hall–Kier alpha value is -4.73. The molecule has 0 heterocycles. The monoisotopic (exact) mass is 419 g/mol. The summed E-state index contributed by atoms with van der Waals surface area (Å²) < 4.78 is 0. The molecule has 3 rings (SSSR count). The van der Waals surface area contributed by atoms with Gasteiger partial charge < -0.3 is 0 Å². The van der Waals surface area contributed by atoms with Crippen molar-refractivity contribution in [1.82, 2.24) is 0 Å². The van der Waals surface area contributed by atoms with Gasteiger partial charge in [-0.1, -0.05) is 0 Å². The van der Waals surface area contributed by atoms with Crippen LogP contribution in [-0.4, -0.2) is 20.6 Å². The van der Waals surface area contributed by atoms with E-state index in [4.69, 9.17) is 0 Å². The molecule has 10 nitrogen and oxygen atoms in total. The minimum Gasteiger partial charge on any atom is -0.289 e. The lowest BCUT2D eigenvalue weighted by atomic mass is 9.94. The number of nitro benzene ring substituents is 3. The average Bonchev–Trinajstić information content (AvgIpc) is 2.77. The second kappa shape index (κ2) is 8.74. The number of carbonyl (C=O) groups excluding carboxylic acids is 1. The molecule has 0 fully saturated rings. The van der Waals surface area contributed by atoms with E-state index in [-0.39, 0.29) is 28.2 Å². The molecular weight excluding hydrogens is 406 g/mol. The molecule has 0 bridgehead atoms. The summed E-state index contributed by atoms with van der Waals surface area (Å²) in [5.41, 5.74) is 0.779. The zero-order valence-corrected chi connectivity index (χ0v) is 15.7. The molecule has 0 N–H and O–H groups in total. The van der Waals surface area contributed by atoms with Gasteiger partial charge in [-0.25, -0.2) is 0 Å². The average molecular weight is 419 g/mol. The van der Waals surface area contributed by atoms with Gasteiger partial charge in [0.15, 0.2) is 5.78 Å². The highest BCUT2D eigenvalue weighted by atomic mass is 16.6. The van der Waals surface area contributed by atoms with Gasteiger partial charge in [0.25, 0.3) is 17.1 Å². The molecule has 0 saturated heterocycles. The third-order valence-electron chi connectivity index (χ3n) is 4.39. The fourth-order valence-corrected chi connectivity index (χ4v) is 2.79. The number of nitrogens with zero attached hydrogens (tertiary/aromatic N) is 3. The van der Waals surface area contributed by atoms with Crippen molar-refractivity contribution >= 4 is 34.5 Å². The number of allylic oxidation sites excluding steroid dienone is 1. The highest BCUT2D eigenvalue weighted by molar-refractivity contribution is 6.32. The van der Waals surface area contributed by atoms with Gasteiger partial charge in [-0.15, -0.1) is 0 Å². The summed E-state index contributed by atoms with van der Waals surface area (Å²) in [5, 5.41) is 32.6. The fourth-order valence-electron chi connectivity index (χ4n) is 2.79. The van der Waals surface area contributed by atoms with Crippen LogP contribution in [0.1, 0.15) is 21.5 Å². The van der Waals surface area contributed by atoms with Crippen molar-refractivity contribution in [3.05, 3.63) is 120 Å². The molecule has 0 saturated carbocycles. The van der Waals surface area contributed by atoms with E-state index >= 15 is 0 Å². The van der Waals surface area contributed by atoms with Crippen molar-refractivity contribution in [2.24, 2.45) is 0 Å². The van der Waals surface area contributed by atoms with Gasteiger partial charge in [0, 0.05) is 47.5 Å². The minimum absolute atomic E-state index is 0.115. The van der Waals surface area contributed by atoms with Crippen LogP contribution in [0.5, 0.6) is 0 Å². The number of Topliss-reactive ketones (excluding diaryl/α,β-unsaturated/α-hetero) is 1. The zero-order chi connectivity index (χ0) is 22.5. The van der Waals surface area contributed by atoms with Crippen molar-refractivity contribution in [2.75, 3.05) is 0 Å². The normalized spacial score (nSPS) is 11.0. The maximum atomic E-state index is 13.1. The number of rotatable bonds is 7. The minimum atomic E-state index is -0.585. The van der Waals surface area contributed by atoms with Crippen molar-refractivity contribution in [1.29, 1.82) is 0 Å². The molecule has 3 aromatic carbocycles. The van der Waals surface area contributed by atoms with Gasteiger partial charge in [0.1, 0.15) is 0 Å². The number of hydrogen-bond acceptors (Lipinski definition) is 7. The van der Waals surface area contributed by atoms with Gasteiger partial charge in [-0.3, -0.25) is 35.1 Å². The van der Waals surface area contributed by atoms with E-state index in [1.807, 2.05) is 0 Å². The Labute approximate surface area is 174 Å². The van der Waals surface area contributed by atoms with Crippen LogP contribution in [0, 0.1) is 30.3 Å². The third-order valence-corrected chi connectivity index (χ3v) is 4.39. The van der Waals surface area contributed by atoms with Gasteiger partial charge in [0.2, 0.25) is 0 Å². The van der Waals surface area contributed by atoms with E-state index < -0.39 is 20.6 Å². The van der Waals surface area contributed by atoms with Crippen LogP contribution in [-0.2, 0) is 0 Å². The van der Waals surface area contributed by atoms with Gasteiger partial charge in [-0.2, -0.15) is 0 Å². The molecule has 0 amide bonds. The quantitative estimate of drug-likeness (QED) is 0.175. The molecule has 0 aliphatic carbocycles. The summed E-state index contributed by atoms with van der Waals surface area (Å²) >= 11 is 0. The predicted molar refractivity (Wildman–Crippen MR) is 111 cm³/mol. The second-order valence-electron chi connectivity index (χ2n) is 6.34. The van der Waals surface area contributed by atoms with Crippen molar-refractivity contribution in [3.63, 3.8) is 0 Å². The van der Waals surface area contributed by atoms with Crippen LogP contribution < -0.4 is 0 Å². The largest absolute Gasteiger partial charge is 0.289 e. The highest BCUT2D eigenvalue weighted by Gasteiger charge is 2.17. The zero-order valence-electron chi connectivity index (χ0n) is 15.7. The maximum Gasteiger partial charge on any atom is 0.269 e. The summed E-state index contributed by atoms with van der Waals surface area (Å²) in [6.07, 6.45) is 1.49. The summed E-state index contributed by atoms with van der Waals surface area (Å²) in [5.74, 6) is -0.470. The van der Waals surface area contributed by atoms with Crippen LogP contribution in [0.25, 0.3) is 11.6 Å². The van der Waals surface area contributed by atoms with Gasteiger partial charge >= 0.3 is 0 Å². The number of benzene rings is 3. The van der Waals surface area contributed by atoms with Crippen LogP contribution in [0.15, 0.2) is 72.8 Å². The van der Waals surface area contributed by atoms with Crippen LogP contribution in [0.2, 0.25) is 0 Å². The van der Waals surface area contributed by atoms with Gasteiger partial charge in [0.05, 0.1) is 14.8 Å². The van der Waals surface area contributed by atoms with Gasteiger partial charge in [-0.05, 0) is 53.6 Å². The standard InChI is InChI=1S/C21H13N3O7/c25-21(16-5-11-19(12-6-16)24(30)31)20(15-3-9-18(10-4-15)23(28)29)13-14-1-7-17(8-2-14)22(26)27/h1-13H. The Balaban J connectivity index is 2.06. The van der Waals surface area contributed by atoms with E-state index in [0.29, 0.717) is 11.1 Å². The number of carbonyl (C=O) groups is 1. The van der Waals surface area contributed by atoms with E-state index in [2.05, 4.69) is 0 Å². The number of hydrogen-bond donors (Lipinski definition) is 0. The Morgan fingerprint density at radius 2 is 0.935 bits per heavy atom. The van der Waals surface area contributed by atoms with Crippen LogP contribution in [0.4, 0.5) is 17.1 Å². The Morgan fingerprint density at radius 1 is 0.581 bits per heavy atom. The molecule has 31 heavy (non-hydrogen) atoms. The molecule has 0 unspecified atom stereocenters. The Kier molecular flexibility index (Phi) is 5.92. The van der Waals surface area contributed by atoms with Crippen LogP contribution >= 0.6 is 0 Å². The summed E-state index contributed by atoms with van der Waals surface area (Å²) in [7, 11) is 0. The van der Waals surface area contributed by atoms with Crippen LogP contribution in [0.3, 0.4) is 0 Å².